The third-order valence-corrected chi connectivity index (χ3v) is 8.75. The number of ether oxygens (including phenoxy) is 2. The molecule has 1 aliphatic carbocycles. The summed E-state index contributed by atoms with van der Waals surface area (Å²) in [7, 11) is 0. The molecule has 8 heteroatoms. The second kappa shape index (κ2) is 13.6. The molecule has 0 radical (unpaired) electrons. The summed E-state index contributed by atoms with van der Waals surface area (Å²) in [6.45, 7) is 1.61. The van der Waals surface area contributed by atoms with Crippen molar-refractivity contribution < 1.29 is 19.4 Å². The Bertz CT molecular complexity index is 1790. The molecule has 6 rings (SSSR count). The zero-order valence-electron chi connectivity index (χ0n) is 25.0. The van der Waals surface area contributed by atoms with Crippen LogP contribution < -0.4 is 9.47 Å². The first kappa shape index (κ1) is 29.9. The normalized spacial score (nSPS) is 15.9. The molecule has 45 heavy (non-hydrogen) atoms. The fraction of sp³-hybridized carbons (Fsp3) is 0.297. The average Bonchev–Trinajstić information content (AvgIpc) is 3.58. The number of carbonyl (C=O) groups is 1. The van der Waals surface area contributed by atoms with E-state index in [1.165, 1.54) is 6.20 Å². The maximum absolute atomic E-state index is 12.1. The van der Waals surface area contributed by atoms with Crippen molar-refractivity contribution in [2.75, 3.05) is 6.54 Å². The van der Waals surface area contributed by atoms with E-state index in [1.54, 1.807) is 12.3 Å². The number of likely N-dealkylation sites (tertiary alicyclic amines) is 1. The van der Waals surface area contributed by atoms with E-state index in [4.69, 9.17) is 9.47 Å². The smallest absolute Gasteiger partial charge is 0.320 e. The van der Waals surface area contributed by atoms with E-state index >= 15 is 0 Å². The second-order valence-electron chi connectivity index (χ2n) is 11.6. The number of hydrogen-bond donors (Lipinski definition) is 1. The van der Waals surface area contributed by atoms with Crippen LogP contribution in [0.1, 0.15) is 64.6 Å². The molecule has 1 atom stereocenters. The number of carboxylic acids is 1. The molecule has 2 aliphatic rings. The zero-order chi connectivity index (χ0) is 31.2. The molecular formula is C37H34N4O4. The van der Waals surface area contributed by atoms with Gasteiger partial charge in [0.25, 0.3) is 0 Å². The summed E-state index contributed by atoms with van der Waals surface area (Å²) in [6.07, 6.45) is 8.35. The van der Waals surface area contributed by atoms with Gasteiger partial charge in [-0.3, -0.25) is 14.7 Å². The van der Waals surface area contributed by atoms with Gasteiger partial charge in [-0.15, -0.1) is 0 Å². The van der Waals surface area contributed by atoms with Gasteiger partial charge < -0.3 is 14.6 Å². The van der Waals surface area contributed by atoms with Gasteiger partial charge in [0, 0.05) is 41.7 Å². The van der Waals surface area contributed by atoms with E-state index in [1.807, 2.05) is 54.6 Å². The van der Waals surface area contributed by atoms with Gasteiger partial charge in [0.05, 0.1) is 11.1 Å². The van der Waals surface area contributed by atoms with Crippen LogP contribution in [0.2, 0.25) is 0 Å². The molecule has 8 nitrogen and oxygen atoms in total. The van der Waals surface area contributed by atoms with Crippen molar-refractivity contribution in [3.05, 3.63) is 112 Å². The van der Waals surface area contributed by atoms with Crippen LogP contribution in [-0.4, -0.2) is 33.5 Å². The molecule has 0 amide bonds. The maximum atomic E-state index is 12.1. The third kappa shape index (κ3) is 6.52. The summed E-state index contributed by atoms with van der Waals surface area (Å²) >= 11 is 0. The van der Waals surface area contributed by atoms with Gasteiger partial charge in [0.15, 0.2) is 0 Å². The van der Waals surface area contributed by atoms with Crippen LogP contribution in [-0.2, 0) is 37.4 Å². The van der Waals surface area contributed by atoms with Gasteiger partial charge >= 0.3 is 5.97 Å². The fourth-order valence-electron chi connectivity index (χ4n) is 6.54. The number of aromatic nitrogens is 1. The fourth-order valence-corrected chi connectivity index (χ4v) is 6.54. The SMILES string of the molecule is N#Cc1cncc(COc2cc(OCc3cccc(-c4ccccc4)c3C#N)c3c(c2CN2CCCC[C@H]2C(=O)O)CCC3)c1. The largest absolute Gasteiger partial charge is 0.488 e. The highest BCUT2D eigenvalue weighted by Crippen LogP contribution is 2.41. The van der Waals surface area contributed by atoms with E-state index in [2.05, 4.69) is 22.0 Å². The minimum Gasteiger partial charge on any atom is -0.488 e. The topological polar surface area (TPSA) is 119 Å². The summed E-state index contributed by atoms with van der Waals surface area (Å²) in [4.78, 5) is 18.4. The van der Waals surface area contributed by atoms with Crippen molar-refractivity contribution in [2.45, 2.75) is 64.3 Å². The molecule has 3 aromatic carbocycles. The lowest BCUT2D eigenvalue weighted by atomic mass is 9.96. The van der Waals surface area contributed by atoms with Crippen molar-refractivity contribution in [3.8, 4) is 34.8 Å². The second-order valence-corrected chi connectivity index (χ2v) is 11.6. The third-order valence-electron chi connectivity index (χ3n) is 8.75. The Kier molecular flexibility index (Phi) is 9.05. The number of rotatable bonds is 10. The van der Waals surface area contributed by atoms with Crippen LogP contribution in [0.15, 0.2) is 73.1 Å². The summed E-state index contributed by atoms with van der Waals surface area (Å²) in [5, 5.41) is 29.4. The monoisotopic (exact) mass is 598 g/mol. The predicted octanol–water partition coefficient (Wildman–Crippen LogP) is 6.58. The number of piperidine rings is 1. The first-order chi connectivity index (χ1) is 22.1. The standard InChI is InChI=1S/C37H34N4O4/c38-18-25-16-26(21-40-20-25)23-44-36-17-35(45-24-28-10-6-11-29(32(28)19-39)27-8-2-1-3-9-27)31-13-7-12-30(31)33(36)22-41-15-5-4-14-34(41)37(42)43/h1-3,6,8-11,16-17,20-21,34H,4-5,7,12-15,22-24H2,(H,42,43)/t34-/m0/s1. The van der Waals surface area contributed by atoms with Crippen LogP contribution in [0, 0.1) is 22.7 Å². The van der Waals surface area contributed by atoms with E-state index in [0.717, 1.165) is 71.0 Å². The molecule has 1 N–H and O–H groups in total. The number of carboxylic acid groups (broad SMARTS) is 1. The molecule has 1 fully saturated rings. The number of hydrogen-bond acceptors (Lipinski definition) is 7. The van der Waals surface area contributed by atoms with Crippen LogP contribution in [0.5, 0.6) is 11.5 Å². The molecular weight excluding hydrogens is 564 g/mol. The van der Waals surface area contributed by atoms with Gasteiger partial charge in [0.2, 0.25) is 0 Å². The molecule has 4 aromatic rings. The molecule has 1 saturated heterocycles. The van der Waals surface area contributed by atoms with Crippen LogP contribution in [0.25, 0.3) is 11.1 Å². The van der Waals surface area contributed by atoms with Crippen molar-refractivity contribution in [1.29, 1.82) is 10.5 Å². The number of pyridine rings is 1. The Morgan fingerprint density at radius 1 is 0.911 bits per heavy atom. The van der Waals surface area contributed by atoms with Gasteiger partial charge in [0.1, 0.15) is 42.9 Å². The van der Waals surface area contributed by atoms with Crippen molar-refractivity contribution >= 4 is 5.97 Å². The Labute approximate surface area is 263 Å². The van der Waals surface area contributed by atoms with Gasteiger partial charge in [-0.1, -0.05) is 55.0 Å². The van der Waals surface area contributed by atoms with Crippen molar-refractivity contribution in [3.63, 3.8) is 0 Å². The predicted molar refractivity (Wildman–Crippen MR) is 168 cm³/mol. The quantitative estimate of drug-likeness (QED) is 0.217. The number of benzene rings is 3. The molecule has 226 valence electrons. The van der Waals surface area contributed by atoms with Crippen molar-refractivity contribution in [2.24, 2.45) is 0 Å². The maximum Gasteiger partial charge on any atom is 0.320 e. The summed E-state index contributed by atoms with van der Waals surface area (Å²) in [5.74, 6) is 0.563. The lowest BCUT2D eigenvalue weighted by molar-refractivity contribution is -0.144. The highest BCUT2D eigenvalue weighted by Gasteiger charge is 2.32. The number of aliphatic carboxylic acids is 1. The lowest BCUT2D eigenvalue weighted by Gasteiger charge is -2.34. The van der Waals surface area contributed by atoms with Crippen LogP contribution in [0.4, 0.5) is 0 Å². The zero-order valence-corrected chi connectivity index (χ0v) is 25.0. The lowest BCUT2D eigenvalue weighted by Crippen LogP contribution is -2.44. The number of nitriles is 2. The van der Waals surface area contributed by atoms with Crippen LogP contribution >= 0.6 is 0 Å². The molecule has 1 aromatic heterocycles. The van der Waals surface area contributed by atoms with E-state index in [9.17, 15) is 20.4 Å². The molecule has 1 aliphatic heterocycles. The number of nitrogens with zero attached hydrogens (tertiary/aromatic N) is 4. The van der Waals surface area contributed by atoms with Gasteiger partial charge in [-0.05, 0) is 67.0 Å². The van der Waals surface area contributed by atoms with E-state index < -0.39 is 12.0 Å². The van der Waals surface area contributed by atoms with Gasteiger partial charge in [-0.2, -0.15) is 10.5 Å². The number of fused-ring (bicyclic) bond motifs is 1. The summed E-state index contributed by atoms with van der Waals surface area (Å²) in [6, 6.07) is 23.4. The van der Waals surface area contributed by atoms with Gasteiger partial charge in [-0.25, -0.2) is 0 Å². The van der Waals surface area contributed by atoms with E-state index in [0.29, 0.717) is 42.1 Å². The average molecular weight is 599 g/mol. The summed E-state index contributed by atoms with van der Waals surface area (Å²) in [5.41, 5.74) is 7.72. The molecule has 2 heterocycles. The summed E-state index contributed by atoms with van der Waals surface area (Å²) < 4.78 is 13.0. The minimum atomic E-state index is -0.792. The molecule has 0 unspecified atom stereocenters. The Morgan fingerprint density at radius 2 is 1.73 bits per heavy atom. The molecule has 0 saturated carbocycles. The highest BCUT2D eigenvalue weighted by molar-refractivity contribution is 5.74. The molecule has 0 bridgehead atoms. The van der Waals surface area contributed by atoms with Crippen LogP contribution in [0.3, 0.4) is 0 Å². The van der Waals surface area contributed by atoms with Crippen molar-refractivity contribution in [1.82, 2.24) is 9.88 Å². The first-order valence-corrected chi connectivity index (χ1v) is 15.4. The first-order valence-electron chi connectivity index (χ1n) is 15.4. The molecule has 0 spiro atoms. The Balaban J connectivity index is 1.34. The Morgan fingerprint density at radius 3 is 2.53 bits per heavy atom. The minimum absolute atomic E-state index is 0.202. The van der Waals surface area contributed by atoms with E-state index in [-0.39, 0.29) is 13.2 Å². The highest BCUT2D eigenvalue weighted by atomic mass is 16.5. The Hall–Kier alpha value is -5.18.